The highest BCUT2D eigenvalue weighted by Gasteiger charge is 2.26. The summed E-state index contributed by atoms with van der Waals surface area (Å²) in [6, 6.07) is 8.31. The summed E-state index contributed by atoms with van der Waals surface area (Å²) in [5.74, 6) is -1.63. The highest BCUT2D eigenvalue weighted by atomic mass is 19.1. The normalized spacial score (nSPS) is 14.4. The SMILES string of the molecule is COC(=O)[C@H](/C=C(\F)[C@@H](Cc1ccccc1)NC(=O)OC(C)(C)C)CC(C)C. The number of methoxy groups -OCH3 is 1. The van der Waals surface area contributed by atoms with E-state index in [1.807, 2.05) is 44.2 Å². The summed E-state index contributed by atoms with van der Waals surface area (Å²) in [7, 11) is 1.28. The van der Waals surface area contributed by atoms with Crippen LogP contribution in [0.15, 0.2) is 42.2 Å². The molecule has 1 amide bonds. The molecule has 1 aromatic carbocycles. The summed E-state index contributed by atoms with van der Waals surface area (Å²) in [5.41, 5.74) is 0.152. The van der Waals surface area contributed by atoms with Crippen molar-refractivity contribution >= 4 is 12.1 Å². The molecule has 5 nitrogen and oxygen atoms in total. The molecule has 1 rings (SSSR count). The number of carbonyl (C=O) groups excluding carboxylic acids is 2. The molecule has 0 radical (unpaired) electrons. The molecule has 0 aliphatic heterocycles. The molecular weight excluding hydrogens is 361 g/mol. The average molecular weight is 393 g/mol. The highest BCUT2D eigenvalue weighted by Crippen LogP contribution is 2.21. The number of carbonyl (C=O) groups is 2. The van der Waals surface area contributed by atoms with Crippen LogP contribution in [0.25, 0.3) is 0 Å². The summed E-state index contributed by atoms with van der Waals surface area (Å²) in [4.78, 5) is 24.2. The van der Waals surface area contributed by atoms with Crippen LogP contribution >= 0.6 is 0 Å². The number of hydrogen-bond acceptors (Lipinski definition) is 4. The fraction of sp³-hybridized carbons (Fsp3) is 0.545. The summed E-state index contributed by atoms with van der Waals surface area (Å²) in [6.45, 7) is 9.10. The Bertz CT molecular complexity index is 665. The molecule has 28 heavy (non-hydrogen) atoms. The van der Waals surface area contributed by atoms with Crippen LogP contribution in [0.2, 0.25) is 0 Å². The molecule has 156 valence electrons. The van der Waals surface area contributed by atoms with Gasteiger partial charge in [-0.2, -0.15) is 0 Å². The number of hydrogen-bond donors (Lipinski definition) is 1. The Morgan fingerprint density at radius 1 is 1.18 bits per heavy atom. The Labute approximate surface area is 167 Å². The highest BCUT2D eigenvalue weighted by molar-refractivity contribution is 5.74. The second-order valence-electron chi connectivity index (χ2n) is 8.20. The van der Waals surface area contributed by atoms with Gasteiger partial charge in [0, 0.05) is 0 Å². The van der Waals surface area contributed by atoms with Gasteiger partial charge in [-0.15, -0.1) is 0 Å². The third-order valence-corrected chi connectivity index (χ3v) is 3.90. The fourth-order valence-electron chi connectivity index (χ4n) is 2.72. The minimum atomic E-state index is -0.948. The topological polar surface area (TPSA) is 64.6 Å². The van der Waals surface area contributed by atoms with E-state index < -0.39 is 35.5 Å². The van der Waals surface area contributed by atoms with Gasteiger partial charge in [0.05, 0.1) is 19.1 Å². The van der Waals surface area contributed by atoms with E-state index in [0.29, 0.717) is 6.42 Å². The number of rotatable bonds is 8. The van der Waals surface area contributed by atoms with Gasteiger partial charge in [0.1, 0.15) is 11.4 Å². The number of esters is 1. The van der Waals surface area contributed by atoms with Crippen molar-refractivity contribution < 1.29 is 23.5 Å². The molecule has 0 unspecified atom stereocenters. The first-order chi connectivity index (χ1) is 13.0. The maximum atomic E-state index is 15.1. The van der Waals surface area contributed by atoms with E-state index in [9.17, 15) is 9.59 Å². The van der Waals surface area contributed by atoms with Crippen LogP contribution in [-0.4, -0.2) is 30.8 Å². The first kappa shape index (κ1) is 23.7. The number of alkyl carbamates (subject to hydrolysis) is 1. The van der Waals surface area contributed by atoms with Gasteiger partial charge in [0.25, 0.3) is 0 Å². The van der Waals surface area contributed by atoms with Crippen molar-refractivity contribution in [3.05, 3.63) is 47.8 Å². The van der Waals surface area contributed by atoms with Gasteiger partial charge in [-0.25, -0.2) is 9.18 Å². The Balaban J connectivity index is 3.09. The van der Waals surface area contributed by atoms with Crippen LogP contribution in [0.5, 0.6) is 0 Å². The summed E-state index contributed by atoms with van der Waals surface area (Å²) >= 11 is 0. The molecule has 0 aliphatic carbocycles. The number of halogens is 1. The second kappa shape index (κ2) is 10.8. The predicted octanol–water partition coefficient (Wildman–Crippen LogP) is 4.81. The van der Waals surface area contributed by atoms with E-state index in [1.165, 1.54) is 13.2 Å². The van der Waals surface area contributed by atoms with Crippen molar-refractivity contribution in [2.75, 3.05) is 7.11 Å². The van der Waals surface area contributed by atoms with Gasteiger partial charge in [-0.3, -0.25) is 4.79 Å². The molecule has 0 fully saturated rings. The molecule has 2 atom stereocenters. The Hall–Kier alpha value is -2.37. The van der Waals surface area contributed by atoms with Crippen LogP contribution in [0, 0.1) is 11.8 Å². The van der Waals surface area contributed by atoms with Gasteiger partial charge in [0.15, 0.2) is 0 Å². The molecule has 1 aromatic rings. The van der Waals surface area contributed by atoms with Crippen molar-refractivity contribution in [1.82, 2.24) is 5.32 Å². The minimum Gasteiger partial charge on any atom is -0.469 e. The van der Waals surface area contributed by atoms with Crippen molar-refractivity contribution in [2.24, 2.45) is 11.8 Å². The van der Waals surface area contributed by atoms with Crippen LogP contribution in [0.3, 0.4) is 0 Å². The molecular formula is C22H32FNO4. The van der Waals surface area contributed by atoms with E-state index in [4.69, 9.17) is 9.47 Å². The van der Waals surface area contributed by atoms with E-state index in [-0.39, 0.29) is 12.3 Å². The maximum absolute atomic E-state index is 15.1. The van der Waals surface area contributed by atoms with E-state index in [0.717, 1.165) is 5.56 Å². The van der Waals surface area contributed by atoms with Crippen LogP contribution in [-0.2, 0) is 20.7 Å². The van der Waals surface area contributed by atoms with E-state index in [2.05, 4.69) is 5.32 Å². The van der Waals surface area contributed by atoms with Crippen LogP contribution < -0.4 is 5.32 Å². The second-order valence-corrected chi connectivity index (χ2v) is 8.20. The van der Waals surface area contributed by atoms with Crippen LogP contribution in [0.1, 0.15) is 46.6 Å². The number of nitrogens with one attached hydrogen (secondary N) is 1. The monoisotopic (exact) mass is 393 g/mol. The lowest BCUT2D eigenvalue weighted by Crippen LogP contribution is -2.41. The smallest absolute Gasteiger partial charge is 0.408 e. The molecule has 0 aliphatic rings. The van der Waals surface area contributed by atoms with Gasteiger partial charge in [-0.1, -0.05) is 44.2 Å². The summed E-state index contributed by atoms with van der Waals surface area (Å²) in [6.07, 6.45) is 1.22. The standard InChI is InChI=1S/C22H32FNO4/c1-15(2)12-17(20(25)27-6)14-18(23)19(13-16-10-8-7-9-11-16)24-21(26)28-22(3,4)5/h7-11,14-15,17,19H,12-13H2,1-6H3,(H,24,26)/b18-14-/t17-,19+/m0/s1. The molecule has 1 N–H and O–H groups in total. The number of ether oxygens (including phenoxy) is 2. The maximum Gasteiger partial charge on any atom is 0.408 e. The minimum absolute atomic E-state index is 0.180. The largest absolute Gasteiger partial charge is 0.469 e. The van der Waals surface area contributed by atoms with Crippen LogP contribution in [0.4, 0.5) is 9.18 Å². The zero-order valence-electron chi connectivity index (χ0n) is 17.6. The molecule has 0 spiro atoms. The lowest BCUT2D eigenvalue weighted by atomic mass is 9.94. The van der Waals surface area contributed by atoms with E-state index >= 15 is 4.39 Å². The number of benzene rings is 1. The van der Waals surface area contributed by atoms with Gasteiger partial charge < -0.3 is 14.8 Å². The summed E-state index contributed by atoms with van der Waals surface area (Å²) in [5, 5.41) is 2.58. The zero-order valence-corrected chi connectivity index (χ0v) is 17.6. The predicted molar refractivity (Wildman–Crippen MR) is 107 cm³/mol. The molecule has 0 heterocycles. The fourth-order valence-corrected chi connectivity index (χ4v) is 2.72. The lowest BCUT2D eigenvalue weighted by Gasteiger charge is -2.24. The molecule has 0 aromatic heterocycles. The van der Waals surface area contributed by atoms with Gasteiger partial charge >= 0.3 is 12.1 Å². The molecule has 6 heteroatoms. The molecule has 0 saturated heterocycles. The van der Waals surface area contributed by atoms with Crippen molar-refractivity contribution in [3.8, 4) is 0 Å². The molecule has 0 bridgehead atoms. The van der Waals surface area contributed by atoms with Crippen molar-refractivity contribution in [2.45, 2.75) is 59.1 Å². The zero-order chi connectivity index (χ0) is 21.3. The lowest BCUT2D eigenvalue weighted by molar-refractivity contribution is -0.144. The van der Waals surface area contributed by atoms with Crippen molar-refractivity contribution in [1.29, 1.82) is 0 Å². The quantitative estimate of drug-likeness (QED) is 0.644. The van der Waals surface area contributed by atoms with E-state index in [1.54, 1.807) is 20.8 Å². The Morgan fingerprint density at radius 2 is 1.79 bits per heavy atom. The average Bonchev–Trinajstić information content (AvgIpc) is 2.58. The first-order valence-electron chi connectivity index (χ1n) is 9.50. The molecule has 0 saturated carbocycles. The Morgan fingerprint density at radius 3 is 2.29 bits per heavy atom. The Kier molecular flexibility index (Phi) is 9.16. The summed E-state index contributed by atoms with van der Waals surface area (Å²) < 4.78 is 25.2. The first-order valence-corrected chi connectivity index (χ1v) is 9.50. The van der Waals surface area contributed by atoms with Crippen molar-refractivity contribution in [3.63, 3.8) is 0 Å². The third-order valence-electron chi connectivity index (χ3n) is 3.90. The third kappa shape index (κ3) is 9.02. The van der Waals surface area contributed by atoms with Gasteiger partial charge in [0.2, 0.25) is 0 Å². The van der Waals surface area contributed by atoms with Gasteiger partial charge in [-0.05, 0) is 51.2 Å². The number of amides is 1.